The third-order valence-electron chi connectivity index (χ3n) is 3.59. The second-order valence-corrected chi connectivity index (χ2v) is 4.80. The molecule has 3 rings (SSSR count). The van der Waals surface area contributed by atoms with E-state index in [1.807, 2.05) is 24.3 Å². The Hall–Kier alpha value is -2.10. The van der Waals surface area contributed by atoms with Crippen molar-refractivity contribution in [2.45, 2.75) is 19.8 Å². The minimum absolute atomic E-state index is 0.00416. The average Bonchev–Trinajstić information content (AvgIpc) is 2.78. The van der Waals surface area contributed by atoms with E-state index in [1.54, 1.807) is 6.92 Å². The van der Waals surface area contributed by atoms with Crippen molar-refractivity contribution in [3.63, 3.8) is 0 Å². The monoisotopic (exact) mass is 257 g/mol. The molecule has 4 nitrogen and oxygen atoms in total. The Morgan fingerprint density at radius 2 is 2.16 bits per heavy atom. The van der Waals surface area contributed by atoms with Crippen molar-refractivity contribution in [1.29, 1.82) is 0 Å². The number of H-pyrrole nitrogens is 1. The number of fused-ring (bicyclic) bond motifs is 3. The van der Waals surface area contributed by atoms with E-state index >= 15 is 0 Å². The second-order valence-electron chi connectivity index (χ2n) is 4.80. The van der Waals surface area contributed by atoms with Crippen LogP contribution in [0, 0.1) is 5.92 Å². The van der Waals surface area contributed by atoms with E-state index in [4.69, 9.17) is 4.74 Å². The molecule has 2 aromatic rings. The van der Waals surface area contributed by atoms with Crippen LogP contribution < -0.4 is 0 Å². The molecule has 0 saturated heterocycles. The van der Waals surface area contributed by atoms with Gasteiger partial charge in [-0.1, -0.05) is 18.2 Å². The zero-order chi connectivity index (χ0) is 13.4. The number of hydrogen-bond donors (Lipinski definition) is 1. The highest BCUT2D eigenvalue weighted by atomic mass is 16.5. The van der Waals surface area contributed by atoms with Crippen molar-refractivity contribution in [1.82, 2.24) is 4.98 Å². The number of aromatic nitrogens is 1. The molecule has 0 bridgehead atoms. The van der Waals surface area contributed by atoms with E-state index in [-0.39, 0.29) is 24.1 Å². The summed E-state index contributed by atoms with van der Waals surface area (Å²) in [6.07, 6.45) is 0.808. The molecule has 0 aliphatic heterocycles. The molecule has 98 valence electrons. The summed E-state index contributed by atoms with van der Waals surface area (Å²) in [7, 11) is 0. The summed E-state index contributed by atoms with van der Waals surface area (Å²) in [5.41, 5.74) is 2.55. The minimum Gasteiger partial charge on any atom is -0.466 e. The molecular formula is C15H15NO3. The normalized spacial score (nSPS) is 18.4. The first-order valence-electron chi connectivity index (χ1n) is 6.50. The molecule has 1 aliphatic carbocycles. The fraction of sp³-hybridized carbons (Fsp3) is 0.333. The minimum atomic E-state index is -0.348. The second kappa shape index (κ2) is 4.53. The van der Waals surface area contributed by atoms with Crippen LogP contribution in [-0.2, 0) is 16.0 Å². The molecular weight excluding hydrogens is 242 g/mol. The highest BCUT2D eigenvalue weighted by Crippen LogP contribution is 2.32. The van der Waals surface area contributed by atoms with Crippen LogP contribution in [0.5, 0.6) is 0 Å². The Bertz CT molecular complexity index is 656. The van der Waals surface area contributed by atoms with Gasteiger partial charge in [0.15, 0.2) is 5.78 Å². The largest absolute Gasteiger partial charge is 0.466 e. The summed E-state index contributed by atoms with van der Waals surface area (Å²) >= 11 is 0. The van der Waals surface area contributed by atoms with E-state index in [0.29, 0.717) is 18.7 Å². The number of nitrogens with one attached hydrogen (secondary N) is 1. The number of para-hydroxylation sites is 1. The van der Waals surface area contributed by atoms with Gasteiger partial charge in [-0.25, -0.2) is 0 Å². The Morgan fingerprint density at radius 3 is 2.95 bits per heavy atom. The molecule has 1 unspecified atom stereocenters. The Morgan fingerprint density at radius 1 is 1.37 bits per heavy atom. The highest BCUT2D eigenvalue weighted by Gasteiger charge is 2.33. The van der Waals surface area contributed by atoms with E-state index in [9.17, 15) is 9.59 Å². The fourth-order valence-electron chi connectivity index (χ4n) is 2.72. The van der Waals surface area contributed by atoms with Gasteiger partial charge in [-0.2, -0.15) is 0 Å². The predicted octanol–water partition coefficient (Wildman–Crippen LogP) is 2.48. The van der Waals surface area contributed by atoms with Crippen molar-refractivity contribution in [3.05, 3.63) is 35.5 Å². The van der Waals surface area contributed by atoms with Crippen LogP contribution >= 0.6 is 0 Å². The molecule has 0 fully saturated rings. The number of Topliss-reactive ketones (excluding diaryl/α,β-unsaturated/α-hetero) is 1. The molecule has 1 aromatic carbocycles. The van der Waals surface area contributed by atoms with Crippen molar-refractivity contribution in [2.75, 3.05) is 6.61 Å². The maximum atomic E-state index is 12.1. The van der Waals surface area contributed by atoms with Crippen LogP contribution in [-0.4, -0.2) is 23.3 Å². The maximum absolute atomic E-state index is 12.1. The third-order valence-corrected chi connectivity index (χ3v) is 3.59. The number of ether oxygens (including phenoxy) is 1. The van der Waals surface area contributed by atoms with Crippen LogP contribution in [0.25, 0.3) is 10.9 Å². The number of carbonyl (C=O) groups excluding carboxylic acids is 2. The number of ketones is 1. The zero-order valence-corrected chi connectivity index (χ0v) is 10.7. The van der Waals surface area contributed by atoms with Crippen LogP contribution in [0.3, 0.4) is 0 Å². The van der Waals surface area contributed by atoms with Gasteiger partial charge in [-0.15, -0.1) is 0 Å². The van der Waals surface area contributed by atoms with Crippen molar-refractivity contribution < 1.29 is 14.3 Å². The number of benzene rings is 1. The van der Waals surface area contributed by atoms with E-state index in [1.165, 1.54) is 0 Å². The molecule has 0 radical (unpaired) electrons. The summed E-state index contributed by atoms with van der Waals surface area (Å²) in [6, 6.07) is 7.79. The summed E-state index contributed by atoms with van der Waals surface area (Å²) in [5.74, 6) is -0.624. The molecule has 1 heterocycles. The first kappa shape index (κ1) is 12.0. The van der Waals surface area contributed by atoms with E-state index < -0.39 is 0 Å². The number of aromatic amines is 1. The SMILES string of the molecule is CCOC(=O)C1CC(=O)c2[nH]c3ccccc3c2C1. The third kappa shape index (κ3) is 1.93. The van der Waals surface area contributed by atoms with Gasteiger partial charge in [-0.05, 0) is 25.0 Å². The molecule has 0 saturated carbocycles. The lowest BCUT2D eigenvalue weighted by Crippen LogP contribution is -2.27. The molecule has 1 aliphatic rings. The van der Waals surface area contributed by atoms with Crippen LogP contribution in [0.4, 0.5) is 0 Å². The first-order chi connectivity index (χ1) is 9.20. The highest BCUT2D eigenvalue weighted by molar-refractivity contribution is 6.05. The standard InChI is InChI=1S/C15H15NO3/c1-2-19-15(18)9-7-11-10-5-3-4-6-12(10)16-14(11)13(17)8-9/h3-6,9,16H,2,7-8H2,1H3. The lowest BCUT2D eigenvalue weighted by Gasteiger charge is -2.19. The van der Waals surface area contributed by atoms with Crippen LogP contribution in [0.1, 0.15) is 29.4 Å². The van der Waals surface area contributed by atoms with Gasteiger partial charge in [0.25, 0.3) is 0 Å². The van der Waals surface area contributed by atoms with Crippen LogP contribution in [0.2, 0.25) is 0 Å². The molecule has 0 spiro atoms. The smallest absolute Gasteiger partial charge is 0.309 e. The van der Waals surface area contributed by atoms with E-state index in [0.717, 1.165) is 16.5 Å². The van der Waals surface area contributed by atoms with Gasteiger partial charge in [0, 0.05) is 17.3 Å². The maximum Gasteiger partial charge on any atom is 0.309 e. The molecule has 4 heteroatoms. The lowest BCUT2D eigenvalue weighted by molar-refractivity contribution is -0.148. The summed E-state index contributed by atoms with van der Waals surface area (Å²) in [6.45, 7) is 2.13. The molecule has 1 atom stereocenters. The quantitative estimate of drug-likeness (QED) is 0.841. The number of rotatable bonds is 2. The van der Waals surface area contributed by atoms with Gasteiger partial charge in [0.1, 0.15) is 0 Å². The molecule has 19 heavy (non-hydrogen) atoms. The summed E-state index contributed by atoms with van der Waals surface area (Å²) < 4.78 is 5.03. The van der Waals surface area contributed by atoms with E-state index in [2.05, 4.69) is 4.98 Å². The van der Waals surface area contributed by atoms with Gasteiger partial charge in [0.2, 0.25) is 0 Å². The van der Waals surface area contributed by atoms with Gasteiger partial charge >= 0.3 is 5.97 Å². The average molecular weight is 257 g/mol. The molecule has 1 aromatic heterocycles. The zero-order valence-electron chi connectivity index (χ0n) is 10.7. The Labute approximate surface area is 110 Å². The van der Waals surface area contributed by atoms with Crippen molar-refractivity contribution >= 4 is 22.7 Å². The van der Waals surface area contributed by atoms with Crippen molar-refractivity contribution in [3.8, 4) is 0 Å². The number of hydrogen-bond acceptors (Lipinski definition) is 3. The van der Waals surface area contributed by atoms with Gasteiger partial charge < -0.3 is 9.72 Å². The number of esters is 1. The Balaban J connectivity index is 2.03. The van der Waals surface area contributed by atoms with Gasteiger partial charge in [-0.3, -0.25) is 9.59 Å². The molecule has 1 N–H and O–H groups in total. The fourth-order valence-corrected chi connectivity index (χ4v) is 2.72. The molecule has 0 amide bonds. The predicted molar refractivity (Wildman–Crippen MR) is 71.1 cm³/mol. The van der Waals surface area contributed by atoms with Crippen LogP contribution in [0.15, 0.2) is 24.3 Å². The van der Waals surface area contributed by atoms with Gasteiger partial charge in [0.05, 0.1) is 18.2 Å². The van der Waals surface area contributed by atoms with Crippen molar-refractivity contribution in [2.24, 2.45) is 5.92 Å². The summed E-state index contributed by atoms with van der Waals surface area (Å²) in [4.78, 5) is 27.1. The topological polar surface area (TPSA) is 59.2 Å². The first-order valence-corrected chi connectivity index (χ1v) is 6.50. The lowest BCUT2D eigenvalue weighted by atomic mass is 9.85. The number of carbonyl (C=O) groups is 2. The summed E-state index contributed by atoms with van der Waals surface area (Å²) in [5, 5.41) is 1.03. The Kier molecular flexibility index (Phi) is 2.85.